The maximum atomic E-state index is 11.7. The summed E-state index contributed by atoms with van der Waals surface area (Å²) in [6.07, 6.45) is 8.50. The summed E-state index contributed by atoms with van der Waals surface area (Å²) in [4.78, 5) is 36.4. The molecule has 1 aliphatic carbocycles. The molecule has 3 N–H and O–H groups in total. The third-order valence-electron chi connectivity index (χ3n) is 5.14. The van der Waals surface area contributed by atoms with E-state index < -0.39 is 5.91 Å². The minimum absolute atomic E-state index is 0.278. The van der Waals surface area contributed by atoms with Crippen LogP contribution in [0.4, 0.5) is 4.79 Å². The summed E-state index contributed by atoms with van der Waals surface area (Å²) in [6, 6.07) is 0.793. The fourth-order valence-corrected chi connectivity index (χ4v) is 4.84. The van der Waals surface area contributed by atoms with E-state index in [1.807, 2.05) is 13.8 Å². The lowest BCUT2D eigenvalue weighted by Gasteiger charge is -2.30. The van der Waals surface area contributed by atoms with Gasteiger partial charge >= 0.3 is 0 Å². The van der Waals surface area contributed by atoms with Crippen molar-refractivity contribution in [2.45, 2.75) is 58.0 Å². The van der Waals surface area contributed by atoms with Gasteiger partial charge in [-0.1, -0.05) is 6.08 Å². The first-order valence-electron chi connectivity index (χ1n) is 10.3. The highest BCUT2D eigenvalue weighted by Crippen LogP contribution is 2.25. The Kier molecular flexibility index (Phi) is 8.56. The van der Waals surface area contributed by atoms with Crippen LogP contribution in [0.15, 0.2) is 38.1 Å². The second-order valence-corrected chi connectivity index (χ2v) is 9.49. The van der Waals surface area contributed by atoms with E-state index >= 15 is 0 Å². The molecule has 166 valence electrons. The molecule has 1 saturated heterocycles. The summed E-state index contributed by atoms with van der Waals surface area (Å²) < 4.78 is 0. The number of hydrogen-bond donors (Lipinski definition) is 3. The van der Waals surface area contributed by atoms with Crippen LogP contribution >= 0.6 is 23.1 Å². The van der Waals surface area contributed by atoms with Crippen LogP contribution in [0.5, 0.6) is 0 Å². The highest BCUT2D eigenvalue weighted by atomic mass is 32.2. The Labute approximate surface area is 190 Å². The Morgan fingerprint density at radius 2 is 2.06 bits per heavy atom. The molecular formula is C21H28N6O2S2. The third kappa shape index (κ3) is 7.12. The van der Waals surface area contributed by atoms with Gasteiger partial charge in [-0.3, -0.25) is 14.9 Å². The number of amides is 2. The van der Waals surface area contributed by atoms with Gasteiger partial charge in [0.05, 0.1) is 21.3 Å². The lowest BCUT2D eigenvalue weighted by Crippen LogP contribution is -2.42. The number of aromatic nitrogens is 1. The maximum absolute atomic E-state index is 11.7. The van der Waals surface area contributed by atoms with Crippen molar-refractivity contribution in [2.75, 3.05) is 6.54 Å². The Morgan fingerprint density at radius 1 is 1.32 bits per heavy atom. The zero-order valence-corrected chi connectivity index (χ0v) is 19.4. The fourth-order valence-electron chi connectivity index (χ4n) is 3.52. The average Bonchev–Trinajstić information content (AvgIpc) is 3.31. The molecule has 31 heavy (non-hydrogen) atoms. The number of thioether (sulfide) groups is 1. The molecule has 1 aliphatic heterocycles. The van der Waals surface area contributed by atoms with E-state index in [1.54, 1.807) is 23.5 Å². The minimum Gasteiger partial charge on any atom is -0.351 e. The lowest BCUT2D eigenvalue weighted by molar-refractivity contribution is -0.115. The van der Waals surface area contributed by atoms with E-state index in [0.29, 0.717) is 22.6 Å². The van der Waals surface area contributed by atoms with Crippen LogP contribution in [0.1, 0.15) is 43.3 Å². The summed E-state index contributed by atoms with van der Waals surface area (Å²) in [7, 11) is 0. The number of carbonyl (C=O) groups excluding carboxylic acids is 2. The third-order valence-corrected chi connectivity index (χ3v) is 6.78. The quantitative estimate of drug-likeness (QED) is 0.327. The molecule has 0 bridgehead atoms. The lowest BCUT2D eigenvalue weighted by atomic mass is 9.91. The number of allylic oxidation sites excluding steroid dienone is 2. The fraction of sp³-hybridized carbons (Fsp3) is 0.476. The first-order valence-corrected chi connectivity index (χ1v) is 12.0. The van der Waals surface area contributed by atoms with Gasteiger partial charge in [0.2, 0.25) is 5.96 Å². The summed E-state index contributed by atoms with van der Waals surface area (Å²) in [5.41, 5.74) is 1.71. The highest BCUT2D eigenvalue weighted by Gasteiger charge is 2.25. The van der Waals surface area contributed by atoms with Crippen LogP contribution in [0.25, 0.3) is 0 Å². The van der Waals surface area contributed by atoms with Crippen LogP contribution in [-0.4, -0.2) is 47.4 Å². The standard InChI is InChI=1S/C21H28N6O2S2/c1-4-14(11-18-19(28)27-21(29)31-18)25-20(22-3)26-16-7-5-15(6-8-16)23-10-9-17-12-30-13(2)24-17/h4,11-12,15-16,23H,3,5-10H2,1-2H3,(H,25,26)(H,27,28,29)/b14-4-,18-11-/t15-,16-. The zero-order valence-electron chi connectivity index (χ0n) is 17.8. The minimum atomic E-state index is -0.402. The van der Waals surface area contributed by atoms with Crippen molar-refractivity contribution in [3.8, 4) is 0 Å². The van der Waals surface area contributed by atoms with Gasteiger partial charge in [0, 0.05) is 30.4 Å². The van der Waals surface area contributed by atoms with Crippen molar-refractivity contribution in [2.24, 2.45) is 9.98 Å². The van der Waals surface area contributed by atoms with Gasteiger partial charge < -0.3 is 10.6 Å². The summed E-state index contributed by atoms with van der Waals surface area (Å²) in [6.45, 7) is 8.41. The van der Waals surface area contributed by atoms with E-state index in [2.05, 4.69) is 43.0 Å². The number of imide groups is 1. The number of guanidine groups is 1. The number of aryl methyl sites for hydroxylation is 1. The van der Waals surface area contributed by atoms with Crippen LogP contribution < -0.4 is 16.0 Å². The number of carbonyl (C=O) groups is 2. The smallest absolute Gasteiger partial charge is 0.290 e. The summed E-state index contributed by atoms with van der Waals surface area (Å²) in [5, 5.41) is 12.1. The number of thiazole rings is 1. The van der Waals surface area contributed by atoms with Crippen molar-refractivity contribution >= 4 is 46.9 Å². The molecule has 8 nitrogen and oxygen atoms in total. The van der Waals surface area contributed by atoms with E-state index in [9.17, 15) is 9.59 Å². The van der Waals surface area contributed by atoms with Crippen molar-refractivity contribution in [3.05, 3.63) is 38.8 Å². The first kappa shape index (κ1) is 23.4. The Morgan fingerprint density at radius 3 is 2.65 bits per heavy atom. The number of hydrogen-bond acceptors (Lipinski definition) is 7. The number of rotatable bonds is 7. The summed E-state index contributed by atoms with van der Waals surface area (Å²) in [5.74, 6) is 0.0244. The van der Waals surface area contributed by atoms with Gasteiger partial charge in [0.25, 0.3) is 11.1 Å². The maximum Gasteiger partial charge on any atom is 0.290 e. The van der Waals surface area contributed by atoms with Gasteiger partial charge in [0.15, 0.2) is 0 Å². The number of nitrogens with one attached hydrogen (secondary N) is 3. The molecule has 10 heteroatoms. The van der Waals surface area contributed by atoms with Crippen LogP contribution in [0, 0.1) is 6.92 Å². The SMILES string of the molecule is C=N\C(=N/C(=C\C)/C=C1\SC(=O)NC1=O)N[C@H]1CC[C@H](NCCc2csc(C)n2)CC1. The van der Waals surface area contributed by atoms with Gasteiger partial charge in [-0.05, 0) is 64.1 Å². The molecular weight excluding hydrogens is 432 g/mol. The van der Waals surface area contributed by atoms with Gasteiger partial charge in [0.1, 0.15) is 0 Å². The molecule has 0 unspecified atom stereocenters. The second kappa shape index (κ2) is 11.4. The Hall–Kier alpha value is -2.30. The number of nitrogens with zero attached hydrogens (tertiary/aromatic N) is 3. The molecule has 2 fully saturated rings. The molecule has 0 spiro atoms. The molecule has 2 heterocycles. The van der Waals surface area contributed by atoms with Gasteiger partial charge in [-0.2, -0.15) is 0 Å². The molecule has 2 amide bonds. The van der Waals surface area contributed by atoms with E-state index in [1.165, 1.54) is 0 Å². The molecule has 0 radical (unpaired) electrons. The van der Waals surface area contributed by atoms with E-state index in [0.717, 1.165) is 61.1 Å². The van der Waals surface area contributed by atoms with Crippen LogP contribution in [-0.2, 0) is 11.2 Å². The molecule has 1 aromatic heterocycles. The van der Waals surface area contributed by atoms with Gasteiger partial charge in [-0.15, -0.1) is 11.3 Å². The van der Waals surface area contributed by atoms with Crippen molar-refractivity contribution < 1.29 is 9.59 Å². The molecule has 0 atom stereocenters. The predicted molar refractivity (Wildman–Crippen MR) is 128 cm³/mol. The largest absolute Gasteiger partial charge is 0.351 e. The molecule has 2 aliphatic rings. The molecule has 1 saturated carbocycles. The van der Waals surface area contributed by atoms with Gasteiger partial charge in [-0.25, -0.2) is 15.0 Å². The van der Waals surface area contributed by atoms with Crippen molar-refractivity contribution in [1.29, 1.82) is 0 Å². The molecule has 1 aromatic rings. The topological polar surface area (TPSA) is 108 Å². The average molecular weight is 461 g/mol. The highest BCUT2D eigenvalue weighted by molar-refractivity contribution is 8.18. The Balaban J connectivity index is 1.46. The molecule has 3 rings (SSSR count). The van der Waals surface area contributed by atoms with E-state index in [4.69, 9.17) is 0 Å². The normalized spacial score (nSPS) is 23.9. The predicted octanol–water partition coefficient (Wildman–Crippen LogP) is 3.31. The first-order chi connectivity index (χ1) is 15.0. The number of aliphatic imine (C=N–C) groups is 2. The van der Waals surface area contributed by atoms with Crippen molar-refractivity contribution in [1.82, 2.24) is 20.9 Å². The Bertz CT molecular complexity index is 913. The van der Waals surface area contributed by atoms with E-state index in [-0.39, 0.29) is 11.3 Å². The monoisotopic (exact) mass is 460 g/mol. The zero-order chi connectivity index (χ0) is 22.2. The molecule has 0 aromatic carbocycles. The van der Waals surface area contributed by atoms with Crippen LogP contribution in [0.3, 0.4) is 0 Å². The van der Waals surface area contributed by atoms with Crippen molar-refractivity contribution in [3.63, 3.8) is 0 Å². The summed E-state index contributed by atoms with van der Waals surface area (Å²) >= 11 is 2.57. The second-order valence-electron chi connectivity index (χ2n) is 7.41. The van der Waals surface area contributed by atoms with Crippen LogP contribution in [0.2, 0.25) is 0 Å².